The number of hydrogen-bond acceptors (Lipinski definition) is 6. The highest BCUT2D eigenvalue weighted by molar-refractivity contribution is 5.79. The number of carbonyl (C=O) groups is 1. The number of aromatic nitrogens is 3. The Labute approximate surface area is 165 Å². The number of piperidine rings is 1. The van der Waals surface area contributed by atoms with Crippen LogP contribution in [0.5, 0.6) is 0 Å². The molecule has 0 bridgehead atoms. The molecule has 1 amide bonds. The van der Waals surface area contributed by atoms with Crippen molar-refractivity contribution in [3.05, 3.63) is 29.5 Å². The Morgan fingerprint density at radius 2 is 2.04 bits per heavy atom. The number of likely N-dealkylation sites (tertiary alicyclic amines) is 1. The fourth-order valence-corrected chi connectivity index (χ4v) is 4.42. The van der Waals surface area contributed by atoms with E-state index >= 15 is 0 Å². The van der Waals surface area contributed by atoms with Gasteiger partial charge >= 0.3 is 0 Å². The van der Waals surface area contributed by atoms with Crippen LogP contribution in [0.2, 0.25) is 0 Å². The lowest BCUT2D eigenvalue weighted by molar-refractivity contribution is -0.140. The molecule has 28 heavy (non-hydrogen) atoms. The molecule has 2 aliphatic heterocycles. The van der Waals surface area contributed by atoms with Crippen molar-refractivity contribution >= 4 is 5.91 Å². The van der Waals surface area contributed by atoms with E-state index in [4.69, 9.17) is 9.26 Å². The van der Waals surface area contributed by atoms with Crippen molar-refractivity contribution in [3.63, 3.8) is 0 Å². The first-order valence-electron chi connectivity index (χ1n) is 10.2. The van der Waals surface area contributed by atoms with Gasteiger partial charge in [-0.3, -0.25) is 4.79 Å². The smallest absolute Gasteiger partial charge is 0.225 e. The van der Waals surface area contributed by atoms with Crippen LogP contribution < -0.4 is 0 Å². The normalized spacial score (nSPS) is 21.1. The Balaban J connectivity index is 1.43. The summed E-state index contributed by atoms with van der Waals surface area (Å²) in [5.74, 6) is 1.66. The maximum absolute atomic E-state index is 12.9. The molecule has 0 aliphatic carbocycles. The number of carbonyl (C=O) groups excluding carboxylic acids is 1. The summed E-state index contributed by atoms with van der Waals surface area (Å²) < 4.78 is 10.7. The standard InChI is InChI=1S/C21H28N4O3/c1-14-20(15(2)28-24-14)19-11-18(22-13-23-19)10-16-4-3-7-25(12-16)21(26)17-5-8-27-9-6-17/h11,13,16-17H,3-10,12H2,1-2H3/t16-/m1/s1. The molecular weight excluding hydrogens is 356 g/mol. The number of nitrogens with zero attached hydrogens (tertiary/aromatic N) is 4. The van der Waals surface area contributed by atoms with Gasteiger partial charge in [0.05, 0.1) is 17.0 Å². The first kappa shape index (κ1) is 19.1. The number of ether oxygens (including phenoxy) is 1. The Kier molecular flexibility index (Phi) is 5.71. The second kappa shape index (κ2) is 8.39. The highest BCUT2D eigenvalue weighted by Crippen LogP contribution is 2.27. The van der Waals surface area contributed by atoms with Gasteiger partial charge in [-0.1, -0.05) is 5.16 Å². The van der Waals surface area contributed by atoms with Gasteiger partial charge in [0.2, 0.25) is 5.91 Å². The lowest BCUT2D eigenvalue weighted by Crippen LogP contribution is -2.44. The first-order valence-corrected chi connectivity index (χ1v) is 10.2. The summed E-state index contributed by atoms with van der Waals surface area (Å²) in [6, 6.07) is 2.03. The SMILES string of the molecule is Cc1noc(C)c1-c1cc(C[C@H]2CCCN(C(=O)C3CCOCC3)C2)ncn1. The van der Waals surface area contributed by atoms with Gasteiger partial charge in [0, 0.05) is 37.9 Å². The van der Waals surface area contributed by atoms with Crippen LogP contribution in [0.25, 0.3) is 11.3 Å². The molecule has 2 fully saturated rings. The second-order valence-corrected chi connectivity index (χ2v) is 7.98. The monoisotopic (exact) mass is 384 g/mol. The van der Waals surface area contributed by atoms with Gasteiger partial charge in [-0.25, -0.2) is 9.97 Å². The van der Waals surface area contributed by atoms with E-state index in [0.717, 1.165) is 73.6 Å². The molecule has 4 rings (SSSR count). The molecule has 2 aromatic heterocycles. The van der Waals surface area contributed by atoms with Crippen LogP contribution in [0.4, 0.5) is 0 Å². The molecule has 0 N–H and O–H groups in total. The lowest BCUT2D eigenvalue weighted by Gasteiger charge is -2.35. The van der Waals surface area contributed by atoms with Crippen LogP contribution in [0, 0.1) is 25.7 Å². The summed E-state index contributed by atoms with van der Waals surface area (Å²) in [5.41, 5.74) is 3.65. The average molecular weight is 384 g/mol. The van der Waals surface area contributed by atoms with E-state index < -0.39 is 0 Å². The Morgan fingerprint density at radius 1 is 1.21 bits per heavy atom. The van der Waals surface area contributed by atoms with Crippen molar-refractivity contribution in [1.82, 2.24) is 20.0 Å². The van der Waals surface area contributed by atoms with Gasteiger partial charge in [-0.2, -0.15) is 0 Å². The zero-order chi connectivity index (χ0) is 19.5. The zero-order valence-corrected chi connectivity index (χ0v) is 16.7. The first-order chi connectivity index (χ1) is 13.6. The van der Waals surface area contributed by atoms with Crippen molar-refractivity contribution < 1.29 is 14.1 Å². The average Bonchev–Trinajstić information content (AvgIpc) is 3.06. The van der Waals surface area contributed by atoms with E-state index in [1.165, 1.54) is 0 Å². The van der Waals surface area contributed by atoms with E-state index in [9.17, 15) is 4.79 Å². The molecule has 4 heterocycles. The third-order valence-corrected chi connectivity index (χ3v) is 5.91. The topological polar surface area (TPSA) is 81.4 Å². The van der Waals surface area contributed by atoms with Gasteiger partial charge < -0.3 is 14.2 Å². The van der Waals surface area contributed by atoms with Crippen LogP contribution >= 0.6 is 0 Å². The highest BCUT2D eigenvalue weighted by Gasteiger charge is 2.30. The highest BCUT2D eigenvalue weighted by atomic mass is 16.5. The molecule has 0 saturated carbocycles. The largest absolute Gasteiger partial charge is 0.381 e. The van der Waals surface area contributed by atoms with E-state index in [2.05, 4.69) is 20.0 Å². The van der Waals surface area contributed by atoms with Gasteiger partial charge in [-0.05, 0) is 57.9 Å². The minimum Gasteiger partial charge on any atom is -0.381 e. The molecular formula is C21H28N4O3. The van der Waals surface area contributed by atoms with Crippen LogP contribution in [0.3, 0.4) is 0 Å². The third-order valence-electron chi connectivity index (χ3n) is 5.91. The minimum absolute atomic E-state index is 0.137. The number of rotatable bonds is 4. The Bertz CT molecular complexity index is 809. The lowest BCUT2D eigenvalue weighted by atomic mass is 9.91. The minimum atomic E-state index is 0.137. The molecule has 7 nitrogen and oxygen atoms in total. The summed E-state index contributed by atoms with van der Waals surface area (Å²) in [6.45, 7) is 6.94. The van der Waals surface area contributed by atoms with Crippen molar-refractivity contribution in [2.75, 3.05) is 26.3 Å². The fourth-order valence-electron chi connectivity index (χ4n) is 4.42. The van der Waals surface area contributed by atoms with Crippen molar-refractivity contribution in [2.45, 2.75) is 46.0 Å². The summed E-state index contributed by atoms with van der Waals surface area (Å²) in [6.07, 6.45) is 6.36. The quantitative estimate of drug-likeness (QED) is 0.806. The molecule has 0 aromatic carbocycles. The molecule has 2 saturated heterocycles. The predicted molar refractivity (Wildman–Crippen MR) is 104 cm³/mol. The van der Waals surface area contributed by atoms with Gasteiger partial charge in [0.25, 0.3) is 0 Å². The Hall–Kier alpha value is -2.28. The van der Waals surface area contributed by atoms with Crippen LogP contribution in [-0.2, 0) is 16.0 Å². The van der Waals surface area contributed by atoms with E-state index in [0.29, 0.717) is 25.0 Å². The van der Waals surface area contributed by atoms with Gasteiger partial charge in [0.15, 0.2) is 0 Å². The number of aryl methyl sites for hydroxylation is 2. The Morgan fingerprint density at radius 3 is 2.79 bits per heavy atom. The van der Waals surface area contributed by atoms with E-state index in [-0.39, 0.29) is 5.92 Å². The summed E-state index contributed by atoms with van der Waals surface area (Å²) in [4.78, 5) is 23.8. The van der Waals surface area contributed by atoms with Crippen molar-refractivity contribution in [1.29, 1.82) is 0 Å². The molecule has 0 radical (unpaired) electrons. The molecule has 2 aliphatic rings. The third kappa shape index (κ3) is 4.09. The van der Waals surface area contributed by atoms with Gasteiger partial charge in [-0.15, -0.1) is 0 Å². The van der Waals surface area contributed by atoms with Crippen molar-refractivity contribution in [2.24, 2.45) is 11.8 Å². The summed E-state index contributed by atoms with van der Waals surface area (Å²) in [5, 5.41) is 4.02. The molecule has 150 valence electrons. The zero-order valence-electron chi connectivity index (χ0n) is 16.7. The fraction of sp³-hybridized carbons (Fsp3) is 0.619. The molecule has 1 atom stereocenters. The maximum atomic E-state index is 12.9. The maximum Gasteiger partial charge on any atom is 0.225 e. The van der Waals surface area contributed by atoms with E-state index in [1.807, 2.05) is 19.9 Å². The molecule has 2 aromatic rings. The van der Waals surface area contributed by atoms with Crippen molar-refractivity contribution in [3.8, 4) is 11.3 Å². The summed E-state index contributed by atoms with van der Waals surface area (Å²) in [7, 11) is 0. The number of hydrogen-bond donors (Lipinski definition) is 0. The predicted octanol–water partition coefficient (Wildman–Crippen LogP) is 2.96. The van der Waals surface area contributed by atoms with E-state index in [1.54, 1.807) is 6.33 Å². The van der Waals surface area contributed by atoms with Gasteiger partial charge in [0.1, 0.15) is 12.1 Å². The summed E-state index contributed by atoms with van der Waals surface area (Å²) >= 11 is 0. The number of amides is 1. The molecule has 0 unspecified atom stereocenters. The van der Waals surface area contributed by atoms with Crippen LogP contribution in [0.1, 0.15) is 42.8 Å². The molecule has 7 heteroatoms. The van der Waals surface area contributed by atoms with Crippen LogP contribution in [0.15, 0.2) is 16.9 Å². The molecule has 0 spiro atoms. The van der Waals surface area contributed by atoms with Crippen LogP contribution in [-0.4, -0.2) is 52.2 Å². The second-order valence-electron chi connectivity index (χ2n) is 7.98.